The Morgan fingerprint density at radius 2 is 2.19 bits per heavy atom. The third kappa shape index (κ3) is 2.71. The van der Waals surface area contributed by atoms with E-state index in [-0.39, 0.29) is 6.10 Å². The first kappa shape index (κ1) is 11.4. The van der Waals surface area contributed by atoms with Crippen molar-refractivity contribution in [1.82, 2.24) is 4.98 Å². The van der Waals surface area contributed by atoms with Gasteiger partial charge in [-0.1, -0.05) is 6.07 Å². The average Bonchev–Trinajstić information content (AvgIpc) is 2.31. The van der Waals surface area contributed by atoms with Crippen LogP contribution < -0.4 is 10.5 Å². The Balaban J connectivity index is 2.01. The molecule has 1 saturated heterocycles. The summed E-state index contributed by atoms with van der Waals surface area (Å²) in [6, 6.07) is 3.88. The average molecular weight is 222 g/mol. The van der Waals surface area contributed by atoms with Crippen LogP contribution in [0.2, 0.25) is 0 Å². The fourth-order valence-electron chi connectivity index (χ4n) is 1.81. The zero-order valence-corrected chi connectivity index (χ0v) is 9.61. The SMILES string of the molecule is Cc1nc(OC2CCOCC2)ccc1CN. The Kier molecular flexibility index (Phi) is 3.74. The summed E-state index contributed by atoms with van der Waals surface area (Å²) in [5.74, 6) is 0.696. The van der Waals surface area contributed by atoms with Crippen LogP contribution >= 0.6 is 0 Å². The van der Waals surface area contributed by atoms with Crippen molar-refractivity contribution in [3.05, 3.63) is 23.4 Å². The molecule has 0 saturated carbocycles. The smallest absolute Gasteiger partial charge is 0.213 e. The molecule has 1 aliphatic rings. The molecule has 1 fully saturated rings. The van der Waals surface area contributed by atoms with Crippen LogP contribution in [-0.4, -0.2) is 24.3 Å². The summed E-state index contributed by atoms with van der Waals surface area (Å²) in [7, 11) is 0. The molecule has 0 spiro atoms. The van der Waals surface area contributed by atoms with Crippen LogP contribution in [0.1, 0.15) is 24.1 Å². The van der Waals surface area contributed by atoms with Gasteiger partial charge in [-0.05, 0) is 12.5 Å². The number of aromatic nitrogens is 1. The van der Waals surface area contributed by atoms with E-state index in [9.17, 15) is 0 Å². The van der Waals surface area contributed by atoms with Gasteiger partial charge in [-0.2, -0.15) is 0 Å². The van der Waals surface area contributed by atoms with Crippen molar-refractivity contribution in [3.8, 4) is 5.88 Å². The van der Waals surface area contributed by atoms with Crippen LogP contribution in [-0.2, 0) is 11.3 Å². The van der Waals surface area contributed by atoms with E-state index in [4.69, 9.17) is 15.2 Å². The summed E-state index contributed by atoms with van der Waals surface area (Å²) in [4.78, 5) is 4.40. The number of aryl methyl sites for hydroxylation is 1. The van der Waals surface area contributed by atoms with Gasteiger partial charge in [0, 0.05) is 31.1 Å². The molecule has 2 N–H and O–H groups in total. The Bertz CT molecular complexity index is 349. The highest BCUT2D eigenvalue weighted by Gasteiger charge is 2.15. The predicted molar refractivity (Wildman–Crippen MR) is 61.3 cm³/mol. The number of rotatable bonds is 3. The highest BCUT2D eigenvalue weighted by Crippen LogP contribution is 2.17. The molecule has 1 aromatic rings. The Hall–Kier alpha value is -1.13. The summed E-state index contributed by atoms with van der Waals surface area (Å²) in [5.41, 5.74) is 7.61. The molecule has 0 aliphatic carbocycles. The van der Waals surface area contributed by atoms with Crippen LogP contribution in [0.15, 0.2) is 12.1 Å². The largest absolute Gasteiger partial charge is 0.474 e. The third-order valence-corrected chi connectivity index (χ3v) is 2.85. The number of nitrogens with two attached hydrogens (primary N) is 1. The molecule has 0 amide bonds. The van der Waals surface area contributed by atoms with Gasteiger partial charge in [0.2, 0.25) is 5.88 Å². The fraction of sp³-hybridized carbons (Fsp3) is 0.583. The highest BCUT2D eigenvalue weighted by molar-refractivity contribution is 5.24. The molecule has 88 valence electrons. The second-order valence-electron chi connectivity index (χ2n) is 4.03. The Morgan fingerprint density at radius 1 is 1.44 bits per heavy atom. The molecule has 0 bridgehead atoms. The van der Waals surface area contributed by atoms with Crippen LogP contribution in [0.4, 0.5) is 0 Å². The number of nitrogens with zero attached hydrogens (tertiary/aromatic N) is 1. The molecule has 0 radical (unpaired) electrons. The van der Waals surface area contributed by atoms with Crippen LogP contribution in [0.25, 0.3) is 0 Å². The van der Waals surface area contributed by atoms with Crippen LogP contribution in [0, 0.1) is 6.92 Å². The van der Waals surface area contributed by atoms with Crippen molar-refractivity contribution in [2.75, 3.05) is 13.2 Å². The van der Waals surface area contributed by atoms with Gasteiger partial charge < -0.3 is 15.2 Å². The number of pyridine rings is 1. The molecule has 2 heterocycles. The second kappa shape index (κ2) is 5.27. The van der Waals surface area contributed by atoms with E-state index in [1.165, 1.54) is 0 Å². The van der Waals surface area contributed by atoms with Crippen LogP contribution in [0.3, 0.4) is 0 Å². The first-order valence-electron chi connectivity index (χ1n) is 5.70. The second-order valence-corrected chi connectivity index (χ2v) is 4.03. The standard InChI is InChI=1S/C12H18N2O2/c1-9-10(8-13)2-3-12(14-9)16-11-4-6-15-7-5-11/h2-3,11H,4-8,13H2,1H3. The van der Waals surface area contributed by atoms with Crippen molar-refractivity contribution in [2.24, 2.45) is 5.73 Å². The summed E-state index contributed by atoms with van der Waals surface area (Å²) in [5, 5.41) is 0. The van der Waals surface area contributed by atoms with E-state index < -0.39 is 0 Å². The lowest BCUT2D eigenvalue weighted by molar-refractivity contribution is 0.0237. The minimum absolute atomic E-state index is 0.240. The van der Waals surface area contributed by atoms with Crippen molar-refractivity contribution < 1.29 is 9.47 Å². The lowest BCUT2D eigenvalue weighted by Gasteiger charge is -2.22. The van der Waals surface area contributed by atoms with Gasteiger partial charge in [-0.15, -0.1) is 0 Å². The zero-order valence-electron chi connectivity index (χ0n) is 9.61. The van der Waals surface area contributed by atoms with Gasteiger partial charge in [-0.3, -0.25) is 0 Å². The number of hydrogen-bond acceptors (Lipinski definition) is 4. The molecule has 0 unspecified atom stereocenters. The maximum Gasteiger partial charge on any atom is 0.213 e. The molecule has 1 aromatic heterocycles. The molecular weight excluding hydrogens is 204 g/mol. The molecule has 1 aliphatic heterocycles. The first-order valence-corrected chi connectivity index (χ1v) is 5.70. The van der Waals surface area contributed by atoms with Crippen molar-refractivity contribution in [2.45, 2.75) is 32.4 Å². The van der Waals surface area contributed by atoms with Gasteiger partial charge in [0.1, 0.15) is 6.10 Å². The molecule has 4 nitrogen and oxygen atoms in total. The van der Waals surface area contributed by atoms with E-state index in [1.54, 1.807) is 0 Å². The topological polar surface area (TPSA) is 57.4 Å². The summed E-state index contributed by atoms with van der Waals surface area (Å²) < 4.78 is 11.1. The molecule has 0 aromatic carbocycles. The number of hydrogen-bond donors (Lipinski definition) is 1. The van der Waals surface area contributed by atoms with E-state index in [1.807, 2.05) is 19.1 Å². The van der Waals surface area contributed by atoms with E-state index >= 15 is 0 Å². The normalized spacial score (nSPS) is 17.4. The zero-order chi connectivity index (χ0) is 11.4. The van der Waals surface area contributed by atoms with Crippen LogP contribution in [0.5, 0.6) is 5.88 Å². The minimum atomic E-state index is 0.240. The van der Waals surface area contributed by atoms with Crippen molar-refractivity contribution in [3.63, 3.8) is 0 Å². The summed E-state index contributed by atoms with van der Waals surface area (Å²) >= 11 is 0. The highest BCUT2D eigenvalue weighted by atomic mass is 16.5. The summed E-state index contributed by atoms with van der Waals surface area (Å²) in [6.45, 7) is 4.05. The predicted octanol–water partition coefficient (Wildman–Crippen LogP) is 1.41. The quantitative estimate of drug-likeness (QED) is 0.840. The van der Waals surface area contributed by atoms with E-state index in [2.05, 4.69) is 4.98 Å². The van der Waals surface area contributed by atoms with Crippen molar-refractivity contribution in [1.29, 1.82) is 0 Å². The van der Waals surface area contributed by atoms with Gasteiger partial charge >= 0.3 is 0 Å². The van der Waals surface area contributed by atoms with E-state index in [0.717, 1.165) is 37.3 Å². The Morgan fingerprint density at radius 3 is 2.81 bits per heavy atom. The molecule has 4 heteroatoms. The van der Waals surface area contributed by atoms with Gasteiger partial charge in [-0.25, -0.2) is 4.98 Å². The minimum Gasteiger partial charge on any atom is -0.474 e. The third-order valence-electron chi connectivity index (χ3n) is 2.85. The van der Waals surface area contributed by atoms with Gasteiger partial charge in [0.25, 0.3) is 0 Å². The van der Waals surface area contributed by atoms with E-state index in [0.29, 0.717) is 12.4 Å². The van der Waals surface area contributed by atoms with Gasteiger partial charge in [0.15, 0.2) is 0 Å². The first-order chi connectivity index (χ1) is 7.79. The Labute approximate surface area is 95.8 Å². The maximum atomic E-state index is 5.80. The molecular formula is C12H18N2O2. The molecule has 16 heavy (non-hydrogen) atoms. The lowest BCUT2D eigenvalue weighted by atomic mass is 10.1. The lowest BCUT2D eigenvalue weighted by Crippen LogP contribution is -2.26. The maximum absolute atomic E-state index is 5.80. The molecule has 0 atom stereocenters. The molecule has 2 rings (SSSR count). The van der Waals surface area contributed by atoms with Crippen molar-refractivity contribution >= 4 is 0 Å². The van der Waals surface area contributed by atoms with Gasteiger partial charge in [0.05, 0.1) is 13.2 Å². The fourth-order valence-corrected chi connectivity index (χ4v) is 1.81. The number of ether oxygens (including phenoxy) is 2. The summed E-state index contributed by atoms with van der Waals surface area (Å²) in [6.07, 6.45) is 2.13. The monoisotopic (exact) mass is 222 g/mol.